The largest absolute Gasteiger partial charge is 0.399 e. The molecule has 0 aliphatic heterocycles. The Bertz CT molecular complexity index is 209. The van der Waals surface area contributed by atoms with E-state index in [1.54, 1.807) is 6.92 Å². The van der Waals surface area contributed by atoms with Crippen molar-refractivity contribution in [2.45, 2.75) is 34.1 Å². The summed E-state index contributed by atoms with van der Waals surface area (Å²) in [6.45, 7) is 8.28. The first kappa shape index (κ1) is 14.6. The highest BCUT2D eigenvalue weighted by Crippen LogP contribution is 2.39. The smallest absolute Gasteiger partial charge is 0.391 e. The molecule has 0 atom stereocenters. The second-order valence-electron chi connectivity index (χ2n) is 2.73. The molecule has 0 bridgehead atoms. The van der Waals surface area contributed by atoms with Gasteiger partial charge in [0.05, 0.1) is 13.2 Å². The van der Waals surface area contributed by atoms with Gasteiger partial charge >= 0.3 is 14.6 Å². The Labute approximate surface area is 92.6 Å². The van der Waals surface area contributed by atoms with Crippen LogP contribution >= 0.6 is 8.60 Å². The van der Waals surface area contributed by atoms with Gasteiger partial charge in [0.1, 0.15) is 0 Å². The lowest BCUT2D eigenvalue weighted by atomic mass is 10.2. The molecule has 0 rings (SSSR count). The zero-order valence-electron chi connectivity index (χ0n) is 9.78. The summed E-state index contributed by atoms with van der Waals surface area (Å²) in [4.78, 5) is 11.5. The van der Waals surface area contributed by atoms with Crippen molar-refractivity contribution in [3.05, 3.63) is 11.6 Å². The summed E-state index contributed by atoms with van der Waals surface area (Å²) in [5, 5.41) is 0. The van der Waals surface area contributed by atoms with Crippen molar-refractivity contribution in [3.63, 3.8) is 0 Å². The first-order chi connectivity index (χ1) is 7.15. The van der Waals surface area contributed by atoms with Gasteiger partial charge in [-0.1, -0.05) is 13.0 Å². The molecular weight excluding hydrogens is 215 g/mol. The minimum Gasteiger partial charge on any atom is -0.391 e. The monoisotopic (exact) mass is 234 g/mol. The highest BCUT2D eigenvalue weighted by atomic mass is 31.2. The number of rotatable bonds is 7. The van der Waals surface area contributed by atoms with Gasteiger partial charge in [-0.25, -0.2) is 4.79 Å². The molecule has 0 fully saturated rings. The van der Waals surface area contributed by atoms with Crippen LogP contribution in [0.5, 0.6) is 0 Å². The van der Waals surface area contributed by atoms with Crippen LogP contribution in [-0.4, -0.2) is 19.2 Å². The highest BCUT2D eigenvalue weighted by molar-refractivity contribution is 7.42. The summed E-state index contributed by atoms with van der Waals surface area (Å²) in [7, 11) is -1.53. The van der Waals surface area contributed by atoms with E-state index in [1.165, 1.54) is 0 Å². The summed E-state index contributed by atoms with van der Waals surface area (Å²) < 4.78 is 15.4. The van der Waals surface area contributed by atoms with Gasteiger partial charge in [0.15, 0.2) is 0 Å². The molecule has 0 radical (unpaired) electrons. The van der Waals surface area contributed by atoms with Crippen LogP contribution in [-0.2, 0) is 18.4 Å². The molecular formula is C10H19O4P. The predicted molar refractivity (Wildman–Crippen MR) is 60.3 cm³/mol. The molecule has 0 saturated carbocycles. The van der Waals surface area contributed by atoms with Gasteiger partial charge in [-0.3, -0.25) is 0 Å². The first-order valence-corrected chi connectivity index (χ1v) is 6.20. The normalized spacial score (nSPS) is 11.9. The quantitative estimate of drug-likeness (QED) is 0.501. The SMILES string of the molecule is CCC=C(C)C(=O)OP(OCC)OCC. The fourth-order valence-corrected chi connectivity index (χ4v) is 1.71. The molecule has 0 heterocycles. The maximum Gasteiger partial charge on any atom is 0.399 e. The first-order valence-electron chi connectivity index (χ1n) is 5.10. The molecule has 4 nitrogen and oxygen atoms in total. The Morgan fingerprint density at radius 1 is 1.20 bits per heavy atom. The summed E-state index contributed by atoms with van der Waals surface area (Å²) in [6, 6.07) is 0. The molecule has 0 aromatic rings. The van der Waals surface area contributed by atoms with E-state index in [-0.39, 0.29) is 5.97 Å². The van der Waals surface area contributed by atoms with Gasteiger partial charge in [0.25, 0.3) is 0 Å². The van der Waals surface area contributed by atoms with E-state index < -0.39 is 8.60 Å². The Morgan fingerprint density at radius 2 is 1.73 bits per heavy atom. The van der Waals surface area contributed by atoms with Gasteiger partial charge in [-0.15, -0.1) is 0 Å². The third-order valence-corrected chi connectivity index (χ3v) is 2.71. The van der Waals surface area contributed by atoms with Crippen LogP contribution in [0.25, 0.3) is 0 Å². The van der Waals surface area contributed by atoms with Gasteiger partial charge in [-0.2, -0.15) is 0 Å². The van der Waals surface area contributed by atoms with Gasteiger partial charge in [0.2, 0.25) is 0 Å². The van der Waals surface area contributed by atoms with Gasteiger partial charge in [0, 0.05) is 5.57 Å². The zero-order valence-corrected chi connectivity index (χ0v) is 10.7. The number of allylic oxidation sites excluding steroid dienone is 1. The molecule has 0 spiro atoms. The number of carbonyl (C=O) groups is 1. The molecule has 0 amide bonds. The molecule has 0 aromatic carbocycles. The maximum absolute atomic E-state index is 11.5. The van der Waals surface area contributed by atoms with Crippen molar-refractivity contribution < 1.29 is 18.4 Å². The molecule has 0 aromatic heterocycles. The molecule has 0 unspecified atom stereocenters. The Morgan fingerprint density at radius 3 is 2.13 bits per heavy atom. The van der Waals surface area contributed by atoms with Gasteiger partial charge < -0.3 is 13.6 Å². The predicted octanol–water partition coefficient (Wildman–Crippen LogP) is 3.19. The molecule has 5 heteroatoms. The van der Waals surface area contributed by atoms with E-state index >= 15 is 0 Å². The fourth-order valence-electron chi connectivity index (χ4n) is 0.830. The van der Waals surface area contributed by atoms with Crippen molar-refractivity contribution in [2.75, 3.05) is 13.2 Å². The fraction of sp³-hybridized carbons (Fsp3) is 0.700. The van der Waals surface area contributed by atoms with Crippen LogP contribution in [0.1, 0.15) is 34.1 Å². The molecule has 0 N–H and O–H groups in total. The summed E-state index contributed by atoms with van der Waals surface area (Å²) in [5.74, 6) is -0.370. The lowest BCUT2D eigenvalue weighted by Gasteiger charge is -2.14. The average molecular weight is 234 g/mol. The van der Waals surface area contributed by atoms with Crippen LogP contribution in [0.4, 0.5) is 0 Å². The number of hydrogen-bond donors (Lipinski definition) is 0. The Hall–Kier alpha value is -0.440. The minimum atomic E-state index is -1.53. The van der Waals surface area contributed by atoms with E-state index in [4.69, 9.17) is 13.6 Å². The second kappa shape index (κ2) is 8.84. The van der Waals surface area contributed by atoms with Crippen molar-refractivity contribution in [3.8, 4) is 0 Å². The van der Waals surface area contributed by atoms with E-state index in [0.717, 1.165) is 6.42 Å². The highest BCUT2D eigenvalue weighted by Gasteiger charge is 2.17. The standard InChI is InChI=1S/C10H19O4P/c1-5-8-9(4)10(11)14-15(12-6-2)13-7-3/h8H,5-7H2,1-4H3. The van der Waals surface area contributed by atoms with E-state index in [0.29, 0.717) is 18.8 Å². The van der Waals surface area contributed by atoms with Crippen molar-refractivity contribution in [1.29, 1.82) is 0 Å². The summed E-state index contributed by atoms with van der Waals surface area (Å²) in [5.41, 5.74) is 0.587. The average Bonchev–Trinajstić information content (AvgIpc) is 2.18. The zero-order chi connectivity index (χ0) is 11.7. The molecule has 0 aliphatic carbocycles. The van der Waals surface area contributed by atoms with Crippen molar-refractivity contribution >= 4 is 14.6 Å². The summed E-state index contributed by atoms with van der Waals surface area (Å²) >= 11 is 0. The summed E-state index contributed by atoms with van der Waals surface area (Å²) in [6.07, 6.45) is 2.62. The van der Waals surface area contributed by atoms with Crippen molar-refractivity contribution in [2.24, 2.45) is 0 Å². The van der Waals surface area contributed by atoms with Crippen molar-refractivity contribution in [1.82, 2.24) is 0 Å². The molecule has 0 saturated heterocycles. The second-order valence-corrected chi connectivity index (χ2v) is 3.88. The van der Waals surface area contributed by atoms with E-state index in [1.807, 2.05) is 26.8 Å². The Kier molecular flexibility index (Phi) is 8.58. The van der Waals surface area contributed by atoms with Crippen LogP contribution in [0.2, 0.25) is 0 Å². The van der Waals surface area contributed by atoms with Crippen LogP contribution in [0.15, 0.2) is 11.6 Å². The third kappa shape index (κ3) is 6.61. The molecule has 0 aliphatic rings. The van der Waals surface area contributed by atoms with Crippen LogP contribution in [0, 0.1) is 0 Å². The van der Waals surface area contributed by atoms with Crippen LogP contribution in [0.3, 0.4) is 0 Å². The molecule has 15 heavy (non-hydrogen) atoms. The van der Waals surface area contributed by atoms with E-state index in [2.05, 4.69) is 0 Å². The maximum atomic E-state index is 11.5. The van der Waals surface area contributed by atoms with E-state index in [9.17, 15) is 4.79 Å². The van der Waals surface area contributed by atoms with Gasteiger partial charge in [-0.05, 0) is 27.2 Å². The Balaban J connectivity index is 4.15. The lowest BCUT2D eigenvalue weighted by molar-refractivity contribution is -0.131. The third-order valence-electron chi connectivity index (χ3n) is 1.46. The number of hydrogen-bond acceptors (Lipinski definition) is 4. The van der Waals surface area contributed by atoms with Crippen LogP contribution < -0.4 is 0 Å². The topological polar surface area (TPSA) is 44.8 Å². The number of carbonyl (C=O) groups excluding carboxylic acids is 1. The minimum absolute atomic E-state index is 0.370. The lowest BCUT2D eigenvalue weighted by Crippen LogP contribution is -2.05. The molecule has 88 valence electrons.